The van der Waals surface area contributed by atoms with Gasteiger partial charge in [0, 0.05) is 11.8 Å². The fraction of sp³-hybridized carbons (Fsp3) is 0.510. The van der Waals surface area contributed by atoms with Gasteiger partial charge in [-0.25, -0.2) is 0 Å². The van der Waals surface area contributed by atoms with Crippen molar-refractivity contribution in [3.8, 4) is 23.0 Å². The van der Waals surface area contributed by atoms with Crippen LogP contribution in [-0.2, 0) is 21.7 Å². The van der Waals surface area contributed by atoms with Crippen LogP contribution in [0.1, 0.15) is 181 Å². The van der Waals surface area contributed by atoms with Crippen LogP contribution in [0.2, 0.25) is 0 Å². The van der Waals surface area contributed by atoms with Gasteiger partial charge in [0.1, 0.15) is 23.0 Å². The lowest BCUT2D eigenvalue weighted by molar-refractivity contribution is 0.440. The molecule has 0 fully saturated rings. The quantitative estimate of drug-likeness (QED) is 0.146. The Hall–Kier alpha value is -3.92. The average molecular weight is 721 g/mol. The van der Waals surface area contributed by atoms with E-state index in [9.17, 15) is 20.4 Å². The first-order chi connectivity index (χ1) is 24.1. The van der Waals surface area contributed by atoms with Gasteiger partial charge in [-0.05, 0) is 129 Å². The van der Waals surface area contributed by atoms with Gasteiger partial charge in [0.25, 0.3) is 0 Å². The van der Waals surface area contributed by atoms with E-state index in [2.05, 4.69) is 132 Å². The van der Waals surface area contributed by atoms with Gasteiger partial charge in [-0.15, -0.1) is 0 Å². The van der Waals surface area contributed by atoms with Crippen LogP contribution in [0.3, 0.4) is 0 Å². The van der Waals surface area contributed by atoms with Gasteiger partial charge >= 0.3 is 0 Å². The molecule has 4 aromatic carbocycles. The number of phenolic OH excluding ortho intramolecular Hbond substituents is 4. The summed E-state index contributed by atoms with van der Waals surface area (Å²) in [6, 6.07) is 17.4. The first kappa shape index (κ1) is 41.8. The fourth-order valence-corrected chi connectivity index (χ4v) is 7.90. The van der Waals surface area contributed by atoms with Gasteiger partial charge in [0.05, 0.1) is 0 Å². The molecule has 4 aromatic rings. The van der Waals surface area contributed by atoms with Crippen molar-refractivity contribution >= 4 is 0 Å². The predicted molar refractivity (Wildman–Crippen MR) is 224 cm³/mol. The van der Waals surface area contributed by atoms with Crippen molar-refractivity contribution in [3.63, 3.8) is 0 Å². The third-order valence-corrected chi connectivity index (χ3v) is 11.1. The number of phenols is 4. The molecule has 0 unspecified atom stereocenters. The zero-order valence-electron chi connectivity index (χ0n) is 35.7. The third-order valence-electron chi connectivity index (χ3n) is 11.1. The standard InChI is InChI=1S/C49H68O4/c1-28-20-32(24-38(42(28)50)46(5,6)7)36(33-21-29(2)43(51)39(25-33)47(8,9)10)18-17-19-37(34-22-30(3)44(52)40(26-34)48(11,12)13)35-23-31(4)45(53)41(27-35)49(14,15)16/h20-27,36-37,50-53H,17-19H2,1-16H3. The van der Waals surface area contributed by atoms with E-state index in [0.717, 1.165) is 86.0 Å². The van der Waals surface area contributed by atoms with Crippen molar-refractivity contribution < 1.29 is 20.4 Å². The maximum absolute atomic E-state index is 11.2. The number of benzene rings is 4. The summed E-state index contributed by atoms with van der Waals surface area (Å²) in [5, 5.41) is 44.9. The highest BCUT2D eigenvalue weighted by molar-refractivity contribution is 5.54. The van der Waals surface area contributed by atoms with Crippen LogP contribution in [0, 0.1) is 27.7 Å². The van der Waals surface area contributed by atoms with Crippen LogP contribution >= 0.6 is 0 Å². The number of rotatable bonds is 8. The van der Waals surface area contributed by atoms with E-state index in [-0.39, 0.29) is 33.5 Å². The van der Waals surface area contributed by atoms with E-state index >= 15 is 0 Å². The number of hydrogen-bond donors (Lipinski definition) is 4. The Morgan fingerprint density at radius 2 is 0.547 bits per heavy atom. The first-order valence-electron chi connectivity index (χ1n) is 19.5. The van der Waals surface area contributed by atoms with Crippen molar-refractivity contribution in [2.45, 2.75) is 164 Å². The van der Waals surface area contributed by atoms with E-state index in [4.69, 9.17) is 0 Å². The minimum absolute atomic E-state index is 0.0230. The topological polar surface area (TPSA) is 80.9 Å². The van der Waals surface area contributed by atoms with Gasteiger partial charge in [-0.2, -0.15) is 0 Å². The molecule has 53 heavy (non-hydrogen) atoms. The minimum Gasteiger partial charge on any atom is -0.507 e. The Kier molecular flexibility index (Phi) is 11.6. The van der Waals surface area contributed by atoms with Crippen LogP contribution in [-0.4, -0.2) is 20.4 Å². The second kappa shape index (κ2) is 14.7. The van der Waals surface area contributed by atoms with Crippen molar-refractivity contribution in [3.05, 3.63) is 115 Å². The lowest BCUT2D eigenvalue weighted by Gasteiger charge is -2.29. The molecule has 0 atom stereocenters. The fourth-order valence-electron chi connectivity index (χ4n) is 7.90. The molecular formula is C49H68O4. The van der Waals surface area contributed by atoms with Crippen LogP contribution in [0.5, 0.6) is 23.0 Å². The van der Waals surface area contributed by atoms with Gasteiger partial charge in [-0.1, -0.05) is 138 Å². The van der Waals surface area contributed by atoms with Gasteiger partial charge in [-0.3, -0.25) is 0 Å². The Morgan fingerprint density at radius 1 is 0.358 bits per heavy atom. The SMILES string of the molecule is Cc1cc(C(CCCC(c2cc(C)c(O)c(C(C)(C)C)c2)c2cc(C)c(O)c(C(C)(C)C)c2)c2cc(C)c(O)c(C(C)(C)C)c2)cc(C(C)(C)C)c1O. The molecule has 0 aliphatic heterocycles. The summed E-state index contributed by atoms with van der Waals surface area (Å²) >= 11 is 0. The second-order valence-corrected chi connectivity index (χ2v) is 20.0. The zero-order chi connectivity index (χ0) is 40.2. The second-order valence-electron chi connectivity index (χ2n) is 20.0. The maximum Gasteiger partial charge on any atom is 0.122 e. The molecule has 0 aromatic heterocycles. The number of aromatic hydroxyl groups is 4. The Labute approximate surface area is 321 Å². The van der Waals surface area contributed by atoms with Crippen LogP contribution < -0.4 is 0 Å². The largest absolute Gasteiger partial charge is 0.507 e. The molecule has 4 nitrogen and oxygen atoms in total. The van der Waals surface area contributed by atoms with Crippen LogP contribution in [0.15, 0.2) is 48.5 Å². The molecule has 288 valence electrons. The molecule has 0 amide bonds. The number of aryl methyl sites for hydroxylation is 4. The van der Waals surface area contributed by atoms with Gasteiger partial charge in [0.2, 0.25) is 0 Å². The summed E-state index contributed by atoms with van der Waals surface area (Å²) in [7, 11) is 0. The Balaban J connectivity index is 1.92. The van der Waals surface area contributed by atoms with E-state index in [1.807, 2.05) is 27.7 Å². The molecule has 0 aliphatic rings. The summed E-state index contributed by atoms with van der Waals surface area (Å²) in [5.41, 5.74) is 10.9. The third kappa shape index (κ3) is 9.07. The minimum atomic E-state index is -0.245. The number of hydrogen-bond acceptors (Lipinski definition) is 4. The highest BCUT2D eigenvalue weighted by atomic mass is 16.3. The van der Waals surface area contributed by atoms with Gasteiger partial charge < -0.3 is 20.4 Å². The molecular weight excluding hydrogens is 653 g/mol. The molecule has 0 saturated carbocycles. The molecule has 0 saturated heterocycles. The molecule has 4 heteroatoms. The monoisotopic (exact) mass is 721 g/mol. The van der Waals surface area contributed by atoms with E-state index in [0.29, 0.717) is 23.0 Å². The lowest BCUT2D eigenvalue weighted by atomic mass is 9.75. The predicted octanol–water partition coefficient (Wildman–Crippen LogP) is 13.1. The van der Waals surface area contributed by atoms with Crippen molar-refractivity contribution in [2.24, 2.45) is 0 Å². The smallest absolute Gasteiger partial charge is 0.122 e. The molecule has 0 heterocycles. The molecule has 0 aliphatic carbocycles. The van der Waals surface area contributed by atoms with Crippen molar-refractivity contribution in [2.75, 3.05) is 0 Å². The highest BCUT2D eigenvalue weighted by Crippen LogP contribution is 2.45. The summed E-state index contributed by atoms with van der Waals surface area (Å²) < 4.78 is 0. The van der Waals surface area contributed by atoms with E-state index < -0.39 is 0 Å². The Bertz CT molecular complexity index is 1690. The first-order valence-corrected chi connectivity index (χ1v) is 19.5. The summed E-state index contributed by atoms with van der Waals surface area (Å²) in [6.45, 7) is 33.7. The Morgan fingerprint density at radius 3 is 0.717 bits per heavy atom. The zero-order valence-corrected chi connectivity index (χ0v) is 35.7. The van der Waals surface area contributed by atoms with Crippen molar-refractivity contribution in [1.29, 1.82) is 0 Å². The molecule has 0 radical (unpaired) electrons. The summed E-state index contributed by atoms with van der Waals surface area (Å²) in [5.74, 6) is 1.46. The average Bonchev–Trinajstić information content (AvgIpc) is 3.00. The van der Waals surface area contributed by atoms with Crippen LogP contribution in [0.25, 0.3) is 0 Å². The lowest BCUT2D eigenvalue weighted by Crippen LogP contribution is -2.16. The molecule has 4 rings (SSSR count). The van der Waals surface area contributed by atoms with E-state index in [1.54, 1.807) is 0 Å². The maximum atomic E-state index is 11.2. The van der Waals surface area contributed by atoms with Crippen molar-refractivity contribution in [1.82, 2.24) is 0 Å². The van der Waals surface area contributed by atoms with E-state index in [1.165, 1.54) is 0 Å². The summed E-state index contributed by atoms with van der Waals surface area (Å²) in [4.78, 5) is 0. The normalized spacial score (nSPS) is 13.0. The highest BCUT2D eigenvalue weighted by Gasteiger charge is 2.29. The van der Waals surface area contributed by atoms with Crippen LogP contribution in [0.4, 0.5) is 0 Å². The molecule has 0 bridgehead atoms. The molecule has 4 N–H and O–H groups in total. The van der Waals surface area contributed by atoms with Gasteiger partial charge in [0.15, 0.2) is 0 Å². The summed E-state index contributed by atoms with van der Waals surface area (Å²) in [6.07, 6.45) is 2.59. The molecule has 0 spiro atoms.